The Morgan fingerprint density at radius 1 is 1.33 bits per heavy atom. The van der Waals surface area contributed by atoms with E-state index in [1.54, 1.807) is 11.8 Å². The number of aromatic nitrogens is 2. The van der Waals surface area contributed by atoms with Gasteiger partial charge in [0.15, 0.2) is 5.16 Å². The third-order valence-electron chi connectivity index (χ3n) is 2.93. The van der Waals surface area contributed by atoms with Crippen LogP contribution in [0.3, 0.4) is 0 Å². The highest BCUT2D eigenvalue weighted by molar-refractivity contribution is 7.99. The lowest BCUT2D eigenvalue weighted by molar-refractivity contribution is 0.646. The van der Waals surface area contributed by atoms with Gasteiger partial charge in [-0.2, -0.15) is 0 Å². The molecular weight excluding hydrogens is 242 g/mol. The summed E-state index contributed by atoms with van der Waals surface area (Å²) < 4.78 is 2.02. The monoisotopic (exact) mass is 261 g/mol. The summed E-state index contributed by atoms with van der Waals surface area (Å²) in [6.45, 7) is 2.12. The molecule has 18 heavy (non-hydrogen) atoms. The highest BCUT2D eigenvalue weighted by Crippen LogP contribution is 2.25. The van der Waals surface area contributed by atoms with E-state index >= 15 is 0 Å². The van der Waals surface area contributed by atoms with Crippen LogP contribution in [0, 0.1) is 0 Å². The van der Waals surface area contributed by atoms with Crippen molar-refractivity contribution in [2.75, 3.05) is 0 Å². The van der Waals surface area contributed by atoms with E-state index in [0.717, 1.165) is 18.0 Å². The summed E-state index contributed by atoms with van der Waals surface area (Å²) >= 11 is 1.67. The molecule has 1 aromatic carbocycles. The van der Waals surface area contributed by atoms with Gasteiger partial charge in [0.2, 0.25) is 0 Å². The van der Waals surface area contributed by atoms with Gasteiger partial charge in [0, 0.05) is 30.4 Å². The molecule has 0 aliphatic carbocycles. The Hall–Kier alpha value is -1.26. The number of nitrogens with zero attached hydrogens (tertiary/aromatic N) is 2. The van der Waals surface area contributed by atoms with E-state index in [2.05, 4.69) is 36.2 Å². The lowest BCUT2D eigenvalue weighted by atomic mass is 10.1. The van der Waals surface area contributed by atoms with Crippen LogP contribution in [0.15, 0.2) is 46.7 Å². The Labute approximate surface area is 112 Å². The number of hydrogen-bond donors (Lipinski definition) is 1. The highest BCUT2D eigenvalue weighted by Gasteiger charge is 2.04. The quantitative estimate of drug-likeness (QED) is 0.900. The fourth-order valence-corrected chi connectivity index (χ4v) is 2.50. The van der Waals surface area contributed by atoms with Gasteiger partial charge in [0.05, 0.1) is 0 Å². The zero-order chi connectivity index (χ0) is 13.0. The molecule has 0 bridgehead atoms. The van der Waals surface area contributed by atoms with Crippen LogP contribution < -0.4 is 5.73 Å². The summed E-state index contributed by atoms with van der Waals surface area (Å²) in [5.41, 5.74) is 7.25. The maximum absolute atomic E-state index is 5.95. The zero-order valence-corrected chi connectivity index (χ0v) is 11.7. The van der Waals surface area contributed by atoms with E-state index in [0.29, 0.717) is 0 Å². The van der Waals surface area contributed by atoms with Crippen molar-refractivity contribution >= 4 is 11.8 Å². The van der Waals surface area contributed by atoms with Gasteiger partial charge in [-0.1, -0.05) is 30.8 Å². The minimum absolute atomic E-state index is 0.262. The molecule has 2 aromatic rings. The first kappa shape index (κ1) is 13.2. The largest absolute Gasteiger partial charge is 0.329 e. The molecule has 4 heteroatoms. The number of nitrogens with two attached hydrogens (primary N) is 1. The van der Waals surface area contributed by atoms with Gasteiger partial charge in [-0.25, -0.2) is 4.98 Å². The Morgan fingerprint density at radius 2 is 2.06 bits per heavy atom. The lowest BCUT2D eigenvalue weighted by Gasteiger charge is -2.09. The fraction of sp³-hybridized carbons (Fsp3) is 0.357. The molecule has 2 N–H and O–H groups in total. The average molecular weight is 261 g/mol. The second kappa shape index (κ2) is 6.07. The van der Waals surface area contributed by atoms with Crippen molar-refractivity contribution in [1.82, 2.24) is 9.55 Å². The number of hydrogen-bond acceptors (Lipinski definition) is 3. The second-order valence-electron chi connectivity index (χ2n) is 4.44. The minimum Gasteiger partial charge on any atom is -0.329 e. The van der Waals surface area contributed by atoms with Crippen molar-refractivity contribution in [2.24, 2.45) is 12.8 Å². The number of rotatable bonds is 5. The first-order chi connectivity index (χ1) is 8.69. The average Bonchev–Trinajstić information content (AvgIpc) is 2.77. The molecule has 0 saturated carbocycles. The van der Waals surface area contributed by atoms with Gasteiger partial charge in [-0.05, 0) is 30.5 Å². The third-order valence-corrected chi connectivity index (χ3v) is 4.02. The summed E-state index contributed by atoms with van der Waals surface area (Å²) in [6.07, 6.45) is 5.74. The molecule has 0 aliphatic rings. The van der Waals surface area contributed by atoms with Crippen LogP contribution in [0.5, 0.6) is 0 Å². The fourth-order valence-electron chi connectivity index (χ4n) is 1.70. The van der Waals surface area contributed by atoms with Crippen LogP contribution in [0.4, 0.5) is 0 Å². The van der Waals surface area contributed by atoms with Gasteiger partial charge in [0.1, 0.15) is 0 Å². The molecule has 0 aliphatic heterocycles. The molecule has 1 heterocycles. The smallest absolute Gasteiger partial charge is 0.172 e. The van der Waals surface area contributed by atoms with E-state index in [1.807, 2.05) is 24.0 Å². The van der Waals surface area contributed by atoms with Gasteiger partial charge in [0.25, 0.3) is 0 Å². The molecule has 1 atom stereocenters. The third kappa shape index (κ3) is 3.37. The SMILES string of the molecule is CCC(N)Cc1ccc(Sc2nccn2C)cc1. The topological polar surface area (TPSA) is 43.8 Å². The van der Waals surface area contributed by atoms with Crippen molar-refractivity contribution in [2.45, 2.75) is 35.9 Å². The lowest BCUT2D eigenvalue weighted by Crippen LogP contribution is -2.21. The molecule has 3 nitrogen and oxygen atoms in total. The van der Waals surface area contributed by atoms with Crippen LogP contribution in [-0.4, -0.2) is 15.6 Å². The van der Waals surface area contributed by atoms with E-state index in [9.17, 15) is 0 Å². The molecule has 0 fully saturated rings. The number of imidazole rings is 1. The number of aryl methyl sites for hydroxylation is 1. The molecule has 1 unspecified atom stereocenters. The molecule has 96 valence electrons. The summed E-state index contributed by atoms with van der Waals surface area (Å²) in [4.78, 5) is 5.51. The van der Waals surface area contributed by atoms with Gasteiger partial charge in [-0.15, -0.1) is 0 Å². The summed E-state index contributed by atoms with van der Waals surface area (Å²) in [7, 11) is 2.00. The maximum Gasteiger partial charge on any atom is 0.172 e. The van der Waals surface area contributed by atoms with Crippen LogP contribution >= 0.6 is 11.8 Å². The van der Waals surface area contributed by atoms with Gasteiger partial charge < -0.3 is 10.3 Å². The maximum atomic E-state index is 5.95. The van der Waals surface area contributed by atoms with Crippen molar-refractivity contribution in [3.05, 3.63) is 42.2 Å². The zero-order valence-electron chi connectivity index (χ0n) is 10.8. The summed E-state index contributed by atoms with van der Waals surface area (Å²) in [5, 5.41) is 1.01. The normalized spacial score (nSPS) is 12.6. The minimum atomic E-state index is 0.262. The molecule has 0 saturated heterocycles. The van der Waals surface area contributed by atoms with E-state index in [1.165, 1.54) is 10.5 Å². The standard InChI is InChI=1S/C14H19N3S/c1-3-12(15)10-11-4-6-13(7-5-11)18-14-16-8-9-17(14)2/h4-9,12H,3,10,15H2,1-2H3. The Kier molecular flexibility index (Phi) is 4.44. The van der Waals surface area contributed by atoms with Crippen molar-refractivity contribution in [1.29, 1.82) is 0 Å². The Balaban J connectivity index is 2.02. The summed E-state index contributed by atoms with van der Waals surface area (Å²) in [5.74, 6) is 0. The summed E-state index contributed by atoms with van der Waals surface area (Å²) in [6, 6.07) is 8.84. The van der Waals surface area contributed by atoms with Crippen molar-refractivity contribution in [3.8, 4) is 0 Å². The van der Waals surface area contributed by atoms with E-state index < -0.39 is 0 Å². The molecule has 0 spiro atoms. The molecule has 2 rings (SSSR count). The molecule has 0 amide bonds. The van der Waals surface area contributed by atoms with Crippen LogP contribution in [0.25, 0.3) is 0 Å². The van der Waals surface area contributed by atoms with E-state index in [4.69, 9.17) is 5.73 Å². The van der Waals surface area contributed by atoms with Crippen molar-refractivity contribution in [3.63, 3.8) is 0 Å². The predicted molar refractivity (Wildman–Crippen MR) is 75.7 cm³/mol. The van der Waals surface area contributed by atoms with Gasteiger partial charge >= 0.3 is 0 Å². The molecule has 1 aromatic heterocycles. The van der Waals surface area contributed by atoms with Crippen LogP contribution in [0.1, 0.15) is 18.9 Å². The highest BCUT2D eigenvalue weighted by atomic mass is 32.2. The van der Waals surface area contributed by atoms with E-state index in [-0.39, 0.29) is 6.04 Å². The first-order valence-corrected chi connectivity index (χ1v) is 7.00. The first-order valence-electron chi connectivity index (χ1n) is 6.18. The molecular formula is C14H19N3S. The molecule has 0 radical (unpaired) electrons. The number of benzene rings is 1. The van der Waals surface area contributed by atoms with Crippen LogP contribution in [-0.2, 0) is 13.5 Å². The predicted octanol–water partition coefficient (Wildman–Crippen LogP) is 2.85. The van der Waals surface area contributed by atoms with Crippen LogP contribution in [0.2, 0.25) is 0 Å². The Bertz CT molecular complexity index is 490. The van der Waals surface area contributed by atoms with Crippen molar-refractivity contribution < 1.29 is 0 Å². The second-order valence-corrected chi connectivity index (χ2v) is 5.48. The Morgan fingerprint density at radius 3 is 2.61 bits per heavy atom. The van der Waals surface area contributed by atoms with Gasteiger partial charge in [-0.3, -0.25) is 0 Å².